The molecule has 0 radical (unpaired) electrons. The van der Waals surface area contributed by atoms with Gasteiger partial charge in [-0.15, -0.1) is 0 Å². The first kappa shape index (κ1) is 14.4. The zero-order valence-corrected chi connectivity index (χ0v) is 13.6. The molecule has 1 aliphatic rings. The summed E-state index contributed by atoms with van der Waals surface area (Å²) in [4.78, 5) is 0. The predicted molar refractivity (Wildman–Crippen MR) is 95.5 cm³/mol. The maximum Gasteiger partial charge on any atom is 0.212 e. The lowest BCUT2D eigenvalue weighted by atomic mass is 9.86. The summed E-state index contributed by atoms with van der Waals surface area (Å²) in [6, 6.07) is 24.3. The molecule has 0 N–H and O–H groups in total. The van der Waals surface area contributed by atoms with Crippen LogP contribution in [0, 0.1) is 0 Å². The number of nitrogens with zero attached hydrogens (tertiary/aromatic N) is 1. The maximum absolute atomic E-state index is 2.56. The molecule has 0 amide bonds. The van der Waals surface area contributed by atoms with Crippen molar-refractivity contribution in [2.24, 2.45) is 0 Å². The number of pyridine rings is 1. The Bertz CT molecular complexity index is 785. The van der Waals surface area contributed by atoms with E-state index in [1.807, 2.05) is 0 Å². The Morgan fingerprint density at radius 1 is 0.739 bits per heavy atom. The molecule has 0 bridgehead atoms. The molecular weight excluding hydrogens is 278 g/mol. The van der Waals surface area contributed by atoms with Crippen molar-refractivity contribution >= 4 is 10.9 Å². The number of aromatic nitrogens is 1. The standard InChI is InChI=1S/C22H24N/c1-3-9-18(10-4-1)17-23-21-14-8-7-13-20(21)15-16-22(23)19-11-5-2-6-12-19/h1,3-4,7-10,13-16,19H,2,5-6,11-12,17H2/q+1. The second-order valence-electron chi connectivity index (χ2n) is 6.72. The third-order valence-electron chi connectivity index (χ3n) is 5.18. The van der Waals surface area contributed by atoms with Crippen molar-refractivity contribution in [1.82, 2.24) is 0 Å². The maximum atomic E-state index is 2.56. The SMILES string of the molecule is c1ccc(C[n+]2c(C3CCCCC3)ccc3ccccc32)cc1. The lowest BCUT2D eigenvalue weighted by Gasteiger charge is -2.21. The summed E-state index contributed by atoms with van der Waals surface area (Å²) in [5.74, 6) is 0.720. The summed E-state index contributed by atoms with van der Waals surface area (Å²) < 4.78 is 2.56. The minimum atomic E-state index is 0.720. The van der Waals surface area contributed by atoms with E-state index in [0.717, 1.165) is 12.5 Å². The van der Waals surface area contributed by atoms with Gasteiger partial charge in [-0.1, -0.05) is 61.7 Å². The van der Waals surface area contributed by atoms with Gasteiger partial charge in [0.1, 0.15) is 0 Å². The van der Waals surface area contributed by atoms with Gasteiger partial charge in [-0.2, -0.15) is 4.57 Å². The molecular formula is C22H24N+. The van der Waals surface area contributed by atoms with Crippen LogP contribution in [0.15, 0.2) is 66.7 Å². The molecule has 23 heavy (non-hydrogen) atoms. The van der Waals surface area contributed by atoms with Crippen LogP contribution in [0.1, 0.15) is 49.3 Å². The van der Waals surface area contributed by atoms with Gasteiger partial charge in [0, 0.05) is 29.0 Å². The largest absolute Gasteiger partial charge is 0.212 e. The van der Waals surface area contributed by atoms with Gasteiger partial charge >= 0.3 is 0 Å². The van der Waals surface area contributed by atoms with Crippen LogP contribution in [0.3, 0.4) is 0 Å². The highest BCUT2D eigenvalue weighted by atomic mass is 15.0. The second-order valence-corrected chi connectivity index (χ2v) is 6.72. The van der Waals surface area contributed by atoms with Crippen LogP contribution in [0.2, 0.25) is 0 Å². The van der Waals surface area contributed by atoms with Gasteiger partial charge in [-0.05, 0) is 25.0 Å². The van der Waals surface area contributed by atoms with Crippen LogP contribution in [0.4, 0.5) is 0 Å². The summed E-state index contributed by atoms with van der Waals surface area (Å²) in [5, 5.41) is 1.34. The Morgan fingerprint density at radius 2 is 1.48 bits per heavy atom. The van der Waals surface area contributed by atoms with Gasteiger partial charge in [-0.3, -0.25) is 0 Å². The summed E-state index contributed by atoms with van der Waals surface area (Å²) >= 11 is 0. The number of benzene rings is 2. The molecule has 2 aromatic carbocycles. The van der Waals surface area contributed by atoms with E-state index in [1.165, 1.54) is 54.3 Å². The van der Waals surface area contributed by atoms with Gasteiger partial charge in [0.2, 0.25) is 5.52 Å². The summed E-state index contributed by atoms with van der Waals surface area (Å²) in [6.07, 6.45) is 6.84. The molecule has 1 heteroatoms. The van der Waals surface area contributed by atoms with E-state index in [0.29, 0.717) is 0 Å². The van der Waals surface area contributed by atoms with Crippen molar-refractivity contribution in [3.8, 4) is 0 Å². The molecule has 4 rings (SSSR count). The lowest BCUT2D eigenvalue weighted by molar-refractivity contribution is -0.671. The van der Waals surface area contributed by atoms with Crippen LogP contribution in [-0.2, 0) is 6.54 Å². The monoisotopic (exact) mass is 302 g/mol. The highest BCUT2D eigenvalue weighted by molar-refractivity contribution is 5.75. The van der Waals surface area contributed by atoms with Crippen molar-refractivity contribution in [2.75, 3.05) is 0 Å². The van der Waals surface area contributed by atoms with Crippen LogP contribution in [-0.4, -0.2) is 0 Å². The molecule has 1 fully saturated rings. The summed E-state index contributed by atoms with van der Waals surface area (Å²) in [5.41, 5.74) is 4.26. The average Bonchev–Trinajstić information content (AvgIpc) is 2.64. The fraction of sp³-hybridized carbons (Fsp3) is 0.318. The van der Waals surface area contributed by atoms with Gasteiger partial charge in [0.15, 0.2) is 12.2 Å². The van der Waals surface area contributed by atoms with E-state index >= 15 is 0 Å². The predicted octanol–water partition coefficient (Wildman–Crippen LogP) is 5.22. The highest BCUT2D eigenvalue weighted by Crippen LogP contribution is 2.31. The van der Waals surface area contributed by atoms with Gasteiger partial charge in [-0.25, -0.2) is 0 Å². The van der Waals surface area contributed by atoms with Crippen molar-refractivity contribution < 1.29 is 4.57 Å². The van der Waals surface area contributed by atoms with E-state index in [1.54, 1.807) is 0 Å². The molecule has 1 saturated carbocycles. The van der Waals surface area contributed by atoms with Crippen LogP contribution in [0.25, 0.3) is 10.9 Å². The van der Waals surface area contributed by atoms with E-state index in [2.05, 4.69) is 71.3 Å². The van der Waals surface area contributed by atoms with Crippen molar-refractivity contribution in [2.45, 2.75) is 44.6 Å². The molecule has 0 atom stereocenters. The first-order valence-electron chi connectivity index (χ1n) is 8.87. The lowest BCUT2D eigenvalue weighted by Crippen LogP contribution is -2.41. The van der Waals surface area contributed by atoms with E-state index in [-0.39, 0.29) is 0 Å². The topological polar surface area (TPSA) is 3.88 Å². The molecule has 1 aliphatic carbocycles. The van der Waals surface area contributed by atoms with E-state index < -0.39 is 0 Å². The summed E-state index contributed by atoms with van der Waals surface area (Å²) in [7, 11) is 0. The number of hydrogen-bond donors (Lipinski definition) is 0. The summed E-state index contributed by atoms with van der Waals surface area (Å²) in [6.45, 7) is 0.966. The molecule has 116 valence electrons. The first-order chi connectivity index (χ1) is 11.4. The Labute approximate surface area is 138 Å². The van der Waals surface area contributed by atoms with Crippen LogP contribution >= 0.6 is 0 Å². The minimum absolute atomic E-state index is 0.720. The molecule has 0 spiro atoms. The Morgan fingerprint density at radius 3 is 2.30 bits per heavy atom. The molecule has 0 aliphatic heterocycles. The quantitative estimate of drug-likeness (QED) is 0.584. The molecule has 1 heterocycles. The average molecular weight is 302 g/mol. The number of hydrogen-bond acceptors (Lipinski definition) is 0. The second kappa shape index (κ2) is 6.54. The van der Waals surface area contributed by atoms with Crippen molar-refractivity contribution in [1.29, 1.82) is 0 Å². The van der Waals surface area contributed by atoms with Gasteiger partial charge < -0.3 is 0 Å². The first-order valence-corrected chi connectivity index (χ1v) is 8.87. The molecule has 1 nitrogen and oxygen atoms in total. The van der Waals surface area contributed by atoms with Gasteiger partial charge in [0.05, 0.1) is 0 Å². The van der Waals surface area contributed by atoms with Crippen molar-refractivity contribution in [3.63, 3.8) is 0 Å². The normalized spacial score (nSPS) is 15.8. The Balaban J connectivity index is 1.82. The fourth-order valence-electron chi connectivity index (χ4n) is 3.98. The number of rotatable bonds is 3. The number of para-hydroxylation sites is 1. The smallest absolute Gasteiger partial charge is 0.191 e. The molecule has 3 aromatic rings. The van der Waals surface area contributed by atoms with Crippen LogP contribution < -0.4 is 4.57 Å². The fourth-order valence-corrected chi connectivity index (χ4v) is 3.98. The van der Waals surface area contributed by atoms with Crippen molar-refractivity contribution in [3.05, 3.63) is 78.0 Å². The zero-order chi connectivity index (χ0) is 15.5. The third-order valence-corrected chi connectivity index (χ3v) is 5.18. The molecule has 0 saturated heterocycles. The highest BCUT2D eigenvalue weighted by Gasteiger charge is 2.25. The van der Waals surface area contributed by atoms with E-state index in [4.69, 9.17) is 0 Å². The Kier molecular flexibility index (Phi) is 4.10. The molecule has 1 aromatic heterocycles. The van der Waals surface area contributed by atoms with E-state index in [9.17, 15) is 0 Å². The minimum Gasteiger partial charge on any atom is -0.191 e. The van der Waals surface area contributed by atoms with Gasteiger partial charge in [0.25, 0.3) is 0 Å². The van der Waals surface area contributed by atoms with Crippen LogP contribution in [0.5, 0.6) is 0 Å². The third kappa shape index (κ3) is 3.01. The number of fused-ring (bicyclic) bond motifs is 1. The molecule has 0 unspecified atom stereocenters. The Hall–Kier alpha value is -2.15. The zero-order valence-electron chi connectivity index (χ0n) is 13.6.